The smallest absolute Gasteiger partial charge is 0.119 e. The number of methoxy groups -OCH3 is 1. The number of likely N-dealkylation sites (N-methyl/N-ethyl adjacent to an activating group) is 1. The molecule has 0 saturated carbocycles. The van der Waals surface area contributed by atoms with E-state index in [4.69, 9.17) is 4.74 Å². The molecule has 2 aromatic rings. The zero-order valence-electron chi connectivity index (χ0n) is 13.5. The van der Waals surface area contributed by atoms with Crippen molar-refractivity contribution in [2.75, 3.05) is 27.2 Å². The van der Waals surface area contributed by atoms with E-state index in [-0.39, 0.29) is 0 Å². The fraction of sp³-hybridized carbons (Fsp3) is 0.300. The minimum atomic E-state index is -0.419. The molecule has 0 saturated heterocycles. The Labute approximate surface area is 134 Å². The van der Waals surface area contributed by atoms with Crippen LogP contribution in [0, 0.1) is 0 Å². The van der Waals surface area contributed by atoms with Gasteiger partial charge in [0.2, 0.25) is 0 Å². The molecule has 0 spiro atoms. The van der Waals surface area contributed by atoms with Crippen LogP contribution in [0.25, 0.3) is 0 Å². The van der Waals surface area contributed by atoms with Crippen molar-refractivity contribution in [2.45, 2.75) is 12.0 Å². The Morgan fingerprint density at radius 3 is 1.91 bits per heavy atom. The van der Waals surface area contributed by atoms with Crippen LogP contribution in [0.1, 0.15) is 17.5 Å². The molecule has 116 valence electrons. The molecule has 0 atom stereocenters. The van der Waals surface area contributed by atoms with E-state index >= 15 is 0 Å². The maximum absolute atomic E-state index is 6.09. The van der Waals surface area contributed by atoms with E-state index < -0.39 is 5.60 Å². The van der Waals surface area contributed by atoms with Crippen molar-refractivity contribution >= 4 is 0 Å². The Morgan fingerprint density at radius 2 is 1.50 bits per heavy atom. The predicted molar refractivity (Wildman–Crippen MR) is 93.0 cm³/mol. The van der Waals surface area contributed by atoms with Crippen LogP contribution in [-0.2, 0) is 10.3 Å². The number of hydrogen-bond acceptors (Lipinski definition) is 2. The number of benzene rings is 2. The summed E-state index contributed by atoms with van der Waals surface area (Å²) >= 11 is 0. The summed E-state index contributed by atoms with van der Waals surface area (Å²) in [5.41, 5.74) is 1.96. The topological polar surface area (TPSA) is 12.5 Å². The van der Waals surface area contributed by atoms with Crippen molar-refractivity contribution < 1.29 is 4.74 Å². The normalized spacial score (nSPS) is 11.6. The molecule has 0 aliphatic heterocycles. The van der Waals surface area contributed by atoms with Gasteiger partial charge in [0.05, 0.1) is 0 Å². The third kappa shape index (κ3) is 3.65. The van der Waals surface area contributed by atoms with Gasteiger partial charge in [-0.2, -0.15) is 0 Å². The van der Waals surface area contributed by atoms with Gasteiger partial charge in [-0.15, -0.1) is 6.58 Å². The van der Waals surface area contributed by atoms with Crippen molar-refractivity contribution in [3.63, 3.8) is 0 Å². The Balaban J connectivity index is 2.37. The molecule has 22 heavy (non-hydrogen) atoms. The van der Waals surface area contributed by atoms with Crippen LogP contribution in [-0.4, -0.2) is 32.1 Å². The SMILES string of the molecule is C=CCN(C)CCC(OC)(c1ccccc1)c1ccccc1. The van der Waals surface area contributed by atoms with Crippen molar-refractivity contribution in [3.05, 3.63) is 84.4 Å². The van der Waals surface area contributed by atoms with E-state index in [0.717, 1.165) is 19.5 Å². The molecule has 0 heterocycles. The third-order valence-electron chi connectivity index (χ3n) is 4.12. The molecule has 0 aliphatic rings. The van der Waals surface area contributed by atoms with Crippen molar-refractivity contribution in [1.29, 1.82) is 0 Å². The lowest BCUT2D eigenvalue weighted by Crippen LogP contribution is -2.35. The fourth-order valence-electron chi connectivity index (χ4n) is 2.87. The number of hydrogen-bond donors (Lipinski definition) is 0. The Kier molecular flexibility index (Phi) is 5.93. The van der Waals surface area contributed by atoms with Crippen molar-refractivity contribution in [3.8, 4) is 0 Å². The van der Waals surface area contributed by atoms with Crippen LogP contribution >= 0.6 is 0 Å². The predicted octanol–water partition coefficient (Wildman–Crippen LogP) is 4.08. The average Bonchev–Trinajstić information content (AvgIpc) is 2.58. The molecule has 0 unspecified atom stereocenters. The molecule has 0 aromatic heterocycles. The van der Waals surface area contributed by atoms with Gasteiger partial charge in [-0.05, 0) is 24.6 Å². The summed E-state index contributed by atoms with van der Waals surface area (Å²) in [4.78, 5) is 2.26. The van der Waals surface area contributed by atoms with Gasteiger partial charge in [0.15, 0.2) is 0 Å². The van der Waals surface area contributed by atoms with Gasteiger partial charge in [0.25, 0.3) is 0 Å². The molecular weight excluding hydrogens is 270 g/mol. The number of ether oxygens (including phenoxy) is 1. The van der Waals surface area contributed by atoms with Gasteiger partial charge < -0.3 is 9.64 Å². The summed E-state index contributed by atoms with van der Waals surface area (Å²) in [6, 6.07) is 20.9. The van der Waals surface area contributed by atoms with E-state index in [1.165, 1.54) is 11.1 Å². The summed E-state index contributed by atoms with van der Waals surface area (Å²) in [6.45, 7) is 5.62. The van der Waals surface area contributed by atoms with Crippen LogP contribution in [0.4, 0.5) is 0 Å². The molecule has 0 radical (unpaired) electrons. The van der Waals surface area contributed by atoms with Crippen molar-refractivity contribution in [1.82, 2.24) is 4.90 Å². The second-order valence-electron chi connectivity index (χ2n) is 5.56. The molecule has 0 bridgehead atoms. The van der Waals surface area contributed by atoms with Gasteiger partial charge in [-0.3, -0.25) is 0 Å². The standard InChI is InChI=1S/C20H25NO/c1-4-16-21(2)17-15-20(22-3,18-11-7-5-8-12-18)19-13-9-6-10-14-19/h4-14H,1,15-17H2,2-3H3. The molecule has 0 amide bonds. The third-order valence-corrected chi connectivity index (χ3v) is 4.12. The van der Waals surface area contributed by atoms with E-state index in [9.17, 15) is 0 Å². The second kappa shape index (κ2) is 7.92. The first-order valence-electron chi connectivity index (χ1n) is 7.68. The first-order valence-corrected chi connectivity index (χ1v) is 7.68. The van der Waals surface area contributed by atoms with E-state index in [2.05, 4.69) is 67.1 Å². The summed E-state index contributed by atoms with van der Waals surface area (Å²) in [6.07, 6.45) is 2.82. The maximum atomic E-state index is 6.09. The average molecular weight is 295 g/mol. The first kappa shape index (κ1) is 16.5. The van der Waals surface area contributed by atoms with Crippen LogP contribution in [0.5, 0.6) is 0 Å². The zero-order chi connectivity index (χ0) is 15.8. The minimum absolute atomic E-state index is 0.419. The molecule has 0 fully saturated rings. The van der Waals surface area contributed by atoms with Gasteiger partial charge >= 0.3 is 0 Å². The zero-order valence-corrected chi connectivity index (χ0v) is 13.5. The first-order chi connectivity index (χ1) is 10.7. The Morgan fingerprint density at radius 1 is 1.00 bits per heavy atom. The van der Waals surface area contributed by atoms with E-state index in [1.807, 2.05) is 18.2 Å². The Bertz CT molecular complexity index is 525. The van der Waals surface area contributed by atoms with Crippen LogP contribution in [0.15, 0.2) is 73.3 Å². The quantitative estimate of drug-likeness (QED) is 0.680. The molecule has 0 N–H and O–H groups in total. The maximum Gasteiger partial charge on any atom is 0.119 e. The lowest BCUT2D eigenvalue weighted by molar-refractivity contribution is 0.00858. The summed E-state index contributed by atoms with van der Waals surface area (Å²) < 4.78 is 6.09. The monoisotopic (exact) mass is 295 g/mol. The highest BCUT2D eigenvalue weighted by molar-refractivity contribution is 5.36. The molecule has 2 rings (SSSR count). The highest BCUT2D eigenvalue weighted by Gasteiger charge is 2.33. The van der Waals surface area contributed by atoms with Gasteiger partial charge in [0, 0.05) is 20.2 Å². The molecule has 2 aromatic carbocycles. The van der Waals surface area contributed by atoms with Crippen LogP contribution < -0.4 is 0 Å². The van der Waals surface area contributed by atoms with Gasteiger partial charge in [0.1, 0.15) is 5.60 Å². The van der Waals surface area contributed by atoms with E-state index in [1.54, 1.807) is 7.11 Å². The highest BCUT2D eigenvalue weighted by Crippen LogP contribution is 2.36. The molecular formula is C20H25NO. The molecule has 2 heteroatoms. The van der Waals surface area contributed by atoms with Gasteiger partial charge in [-0.25, -0.2) is 0 Å². The lowest BCUT2D eigenvalue weighted by atomic mass is 9.83. The largest absolute Gasteiger partial charge is 0.369 e. The van der Waals surface area contributed by atoms with E-state index in [0.29, 0.717) is 0 Å². The number of rotatable bonds is 8. The van der Waals surface area contributed by atoms with Crippen molar-refractivity contribution in [2.24, 2.45) is 0 Å². The number of nitrogens with zero attached hydrogens (tertiary/aromatic N) is 1. The highest BCUT2D eigenvalue weighted by atomic mass is 16.5. The summed E-state index contributed by atoms with van der Waals surface area (Å²) in [5, 5.41) is 0. The fourth-order valence-corrected chi connectivity index (χ4v) is 2.87. The lowest BCUT2D eigenvalue weighted by Gasteiger charge is -2.35. The van der Waals surface area contributed by atoms with Crippen LogP contribution in [0.3, 0.4) is 0 Å². The molecule has 0 aliphatic carbocycles. The molecule has 2 nitrogen and oxygen atoms in total. The summed E-state index contributed by atoms with van der Waals surface area (Å²) in [7, 11) is 3.91. The van der Waals surface area contributed by atoms with Crippen LogP contribution in [0.2, 0.25) is 0 Å². The Hall–Kier alpha value is -1.90. The minimum Gasteiger partial charge on any atom is -0.369 e. The second-order valence-corrected chi connectivity index (χ2v) is 5.56. The van der Waals surface area contributed by atoms with Gasteiger partial charge in [-0.1, -0.05) is 66.7 Å². The summed E-state index contributed by atoms with van der Waals surface area (Å²) in [5.74, 6) is 0.